The minimum atomic E-state index is 0.652. The first-order valence-electron chi connectivity index (χ1n) is 5.98. The lowest BCUT2D eigenvalue weighted by Gasteiger charge is -2.13. The Hall–Kier alpha value is -1.71. The monoisotopic (exact) mass is 277 g/mol. The van der Waals surface area contributed by atoms with Gasteiger partial charge in [0.15, 0.2) is 0 Å². The molecule has 0 saturated heterocycles. The topological polar surface area (TPSA) is 30.5 Å². The van der Waals surface area contributed by atoms with Crippen LogP contribution < -0.4 is 14.8 Å². The molecule has 0 bridgehead atoms. The zero-order valence-corrected chi connectivity index (χ0v) is 11.7. The minimum absolute atomic E-state index is 0.652. The highest BCUT2D eigenvalue weighted by molar-refractivity contribution is 6.31. The molecule has 2 rings (SSSR count). The summed E-state index contributed by atoms with van der Waals surface area (Å²) in [5.74, 6) is 2.23. The fourth-order valence-corrected chi connectivity index (χ4v) is 2.01. The Balaban J connectivity index is 2.29. The van der Waals surface area contributed by atoms with Gasteiger partial charge in [0.1, 0.15) is 17.2 Å². The molecule has 0 unspecified atom stereocenters. The van der Waals surface area contributed by atoms with Crippen LogP contribution in [0.4, 0.5) is 0 Å². The molecule has 4 heteroatoms. The van der Waals surface area contributed by atoms with Gasteiger partial charge >= 0.3 is 0 Å². The van der Waals surface area contributed by atoms with Crippen LogP contribution in [0.1, 0.15) is 5.56 Å². The van der Waals surface area contributed by atoms with E-state index in [1.807, 2.05) is 49.5 Å². The molecular formula is C15H16ClNO2. The summed E-state index contributed by atoms with van der Waals surface area (Å²) in [6, 6.07) is 13.1. The van der Waals surface area contributed by atoms with Crippen LogP contribution in [0.2, 0.25) is 5.02 Å². The van der Waals surface area contributed by atoms with Gasteiger partial charge in [-0.2, -0.15) is 0 Å². The summed E-state index contributed by atoms with van der Waals surface area (Å²) in [5.41, 5.74) is 0.939. The van der Waals surface area contributed by atoms with E-state index in [2.05, 4.69) is 5.32 Å². The number of nitrogens with one attached hydrogen (secondary N) is 1. The van der Waals surface area contributed by atoms with Crippen molar-refractivity contribution in [3.63, 3.8) is 0 Å². The SMILES string of the molecule is CNCc1c(Cl)cccc1Oc1cccc(OC)c1. The normalized spacial score (nSPS) is 10.3. The van der Waals surface area contributed by atoms with E-state index in [9.17, 15) is 0 Å². The van der Waals surface area contributed by atoms with Gasteiger partial charge < -0.3 is 14.8 Å². The van der Waals surface area contributed by atoms with Crippen molar-refractivity contribution < 1.29 is 9.47 Å². The van der Waals surface area contributed by atoms with Gasteiger partial charge in [0, 0.05) is 23.2 Å². The van der Waals surface area contributed by atoms with Crippen LogP contribution in [0.5, 0.6) is 17.2 Å². The van der Waals surface area contributed by atoms with Crippen molar-refractivity contribution in [3.8, 4) is 17.2 Å². The Morgan fingerprint density at radius 1 is 1.11 bits per heavy atom. The van der Waals surface area contributed by atoms with Crippen molar-refractivity contribution in [3.05, 3.63) is 53.1 Å². The average Bonchev–Trinajstić information content (AvgIpc) is 2.43. The molecule has 100 valence electrons. The van der Waals surface area contributed by atoms with Gasteiger partial charge in [-0.15, -0.1) is 0 Å². The lowest BCUT2D eigenvalue weighted by Crippen LogP contribution is -2.07. The summed E-state index contributed by atoms with van der Waals surface area (Å²) in [6.07, 6.45) is 0. The fourth-order valence-electron chi connectivity index (χ4n) is 1.77. The van der Waals surface area contributed by atoms with E-state index in [0.717, 1.165) is 22.8 Å². The van der Waals surface area contributed by atoms with E-state index in [-0.39, 0.29) is 0 Å². The molecule has 0 saturated carbocycles. The molecule has 0 aliphatic rings. The molecule has 1 N–H and O–H groups in total. The molecule has 0 fully saturated rings. The van der Waals surface area contributed by atoms with E-state index in [1.165, 1.54) is 0 Å². The second-order valence-electron chi connectivity index (χ2n) is 4.03. The molecule has 0 aliphatic heterocycles. The first-order valence-corrected chi connectivity index (χ1v) is 6.36. The van der Waals surface area contributed by atoms with Crippen molar-refractivity contribution in [2.24, 2.45) is 0 Å². The Morgan fingerprint density at radius 3 is 2.58 bits per heavy atom. The van der Waals surface area contributed by atoms with E-state index in [0.29, 0.717) is 11.6 Å². The predicted molar refractivity (Wildman–Crippen MR) is 77.3 cm³/mol. The zero-order chi connectivity index (χ0) is 13.7. The highest BCUT2D eigenvalue weighted by Crippen LogP contribution is 2.31. The van der Waals surface area contributed by atoms with Gasteiger partial charge in [-0.3, -0.25) is 0 Å². The Labute approximate surface area is 118 Å². The molecule has 0 aromatic heterocycles. The van der Waals surface area contributed by atoms with Crippen LogP contribution in [0.25, 0.3) is 0 Å². The van der Waals surface area contributed by atoms with E-state index >= 15 is 0 Å². The quantitative estimate of drug-likeness (QED) is 0.900. The molecule has 0 atom stereocenters. The molecular weight excluding hydrogens is 262 g/mol. The molecule has 0 heterocycles. The minimum Gasteiger partial charge on any atom is -0.497 e. The van der Waals surface area contributed by atoms with E-state index < -0.39 is 0 Å². The molecule has 0 aliphatic carbocycles. The van der Waals surface area contributed by atoms with Crippen LogP contribution in [0, 0.1) is 0 Å². The average molecular weight is 278 g/mol. The van der Waals surface area contributed by atoms with Gasteiger partial charge in [-0.05, 0) is 31.3 Å². The van der Waals surface area contributed by atoms with E-state index in [4.69, 9.17) is 21.1 Å². The highest BCUT2D eigenvalue weighted by atomic mass is 35.5. The summed E-state index contributed by atoms with van der Waals surface area (Å²) < 4.78 is 11.1. The molecule has 3 nitrogen and oxygen atoms in total. The van der Waals surface area contributed by atoms with Gasteiger partial charge in [-0.1, -0.05) is 23.7 Å². The maximum atomic E-state index is 6.19. The van der Waals surface area contributed by atoms with Gasteiger partial charge in [0.2, 0.25) is 0 Å². The maximum Gasteiger partial charge on any atom is 0.133 e. The third kappa shape index (κ3) is 3.40. The lowest BCUT2D eigenvalue weighted by molar-refractivity contribution is 0.408. The molecule has 19 heavy (non-hydrogen) atoms. The Bertz CT molecular complexity index is 558. The first kappa shape index (κ1) is 13.7. The van der Waals surface area contributed by atoms with Crippen LogP contribution in [0.15, 0.2) is 42.5 Å². The Kier molecular flexibility index (Phi) is 4.66. The first-order chi connectivity index (χ1) is 9.24. The van der Waals surface area contributed by atoms with Crippen molar-refractivity contribution >= 4 is 11.6 Å². The summed E-state index contributed by atoms with van der Waals surface area (Å²) >= 11 is 6.19. The standard InChI is InChI=1S/C15H16ClNO2/c1-17-10-13-14(16)7-4-8-15(13)19-12-6-3-5-11(9-12)18-2/h3-9,17H,10H2,1-2H3. The van der Waals surface area contributed by atoms with Crippen LogP contribution in [0.3, 0.4) is 0 Å². The van der Waals surface area contributed by atoms with Crippen molar-refractivity contribution in [1.29, 1.82) is 0 Å². The van der Waals surface area contributed by atoms with Crippen molar-refractivity contribution in [2.75, 3.05) is 14.2 Å². The molecule has 2 aromatic carbocycles. The number of hydrogen-bond acceptors (Lipinski definition) is 3. The third-order valence-corrected chi connectivity index (χ3v) is 3.05. The molecule has 2 aromatic rings. The molecule has 0 spiro atoms. The number of ether oxygens (including phenoxy) is 2. The molecule has 0 radical (unpaired) electrons. The van der Waals surface area contributed by atoms with Crippen LogP contribution >= 0.6 is 11.6 Å². The Morgan fingerprint density at radius 2 is 1.84 bits per heavy atom. The lowest BCUT2D eigenvalue weighted by atomic mass is 10.2. The summed E-state index contributed by atoms with van der Waals surface area (Å²) in [6.45, 7) is 0.652. The number of rotatable bonds is 5. The summed E-state index contributed by atoms with van der Waals surface area (Å²) in [7, 11) is 3.50. The molecule has 0 amide bonds. The van der Waals surface area contributed by atoms with Gasteiger partial charge in [0.05, 0.1) is 7.11 Å². The number of hydrogen-bond donors (Lipinski definition) is 1. The van der Waals surface area contributed by atoms with Gasteiger partial charge in [-0.25, -0.2) is 0 Å². The smallest absolute Gasteiger partial charge is 0.133 e. The van der Waals surface area contributed by atoms with Crippen LogP contribution in [-0.4, -0.2) is 14.2 Å². The largest absolute Gasteiger partial charge is 0.497 e. The summed E-state index contributed by atoms with van der Waals surface area (Å²) in [4.78, 5) is 0. The zero-order valence-electron chi connectivity index (χ0n) is 10.9. The highest BCUT2D eigenvalue weighted by Gasteiger charge is 2.08. The van der Waals surface area contributed by atoms with Crippen LogP contribution in [-0.2, 0) is 6.54 Å². The predicted octanol–water partition coefficient (Wildman–Crippen LogP) is 3.86. The van der Waals surface area contributed by atoms with Crippen molar-refractivity contribution in [1.82, 2.24) is 5.32 Å². The van der Waals surface area contributed by atoms with E-state index in [1.54, 1.807) is 7.11 Å². The third-order valence-electron chi connectivity index (χ3n) is 2.70. The number of halogens is 1. The number of benzene rings is 2. The van der Waals surface area contributed by atoms with Gasteiger partial charge in [0.25, 0.3) is 0 Å². The number of methoxy groups -OCH3 is 1. The maximum absolute atomic E-state index is 6.19. The van der Waals surface area contributed by atoms with Crippen molar-refractivity contribution in [2.45, 2.75) is 6.54 Å². The summed E-state index contributed by atoms with van der Waals surface area (Å²) in [5, 5.41) is 3.77. The fraction of sp³-hybridized carbons (Fsp3) is 0.200. The second kappa shape index (κ2) is 6.45. The second-order valence-corrected chi connectivity index (χ2v) is 4.44.